The van der Waals surface area contributed by atoms with Crippen LogP contribution in [-0.4, -0.2) is 62.9 Å². The molecule has 1 unspecified atom stereocenters. The van der Waals surface area contributed by atoms with Gasteiger partial charge in [0.05, 0.1) is 6.10 Å². The number of para-hydroxylation sites is 1. The van der Waals surface area contributed by atoms with E-state index in [0.29, 0.717) is 6.54 Å². The average Bonchev–Trinajstić information content (AvgIpc) is 2.70. The molecule has 7 nitrogen and oxygen atoms in total. The van der Waals surface area contributed by atoms with Crippen LogP contribution >= 0.6 is 0 Å². The summed E-state index contributed by atoms with van der Waals surface area (Å²) in [6.45, 7) is 1.90. The van der Waals surface area contributed by atoms with Gasteiger partial charge < -0.3 is 15.2 Å². The number of nitrogens with one attached hydrogen (secondary N) is 1. The first-order valence-corrected chi connectivity index (χ1v) is 11.4. The Morgan fingerprint density at radius 2 is 1.86 bits per heavy atom. The summed E-state index contributed by atoms with van der Waals surface area (Å²) >= 11 is 0. The number of nitrogens with zero attached hydrogens (tertiary/aromatic N) is 1. The molecule has 156 valence electrons. The van der Waals surface area contributed by atoms with E-state index in [1.807, 2.05) is 12.1 Å². The number of fused-ring (bicyclic) bond motifs is 1. The summed E-state index contributed by atoms with van der Waals surface area (Å²) in [4.78, 5) is 14.2. The number of β-amino-alcohol motifs (C(OH)–C–C–N with tert-alkyl or cyclic N) is 1. The third kappa shape index (κ3) is 6.03. The fraction of sp³-hybridized carbons (Fsp3) is 0.381. The van der Waals surface area contributed by atoms with E-state index < -0.39 is 21.8 Å². The van der Waals surface area contributed by atoms with Crippen LogP contribution in [0.5, 0.6) is 5.75 Å². The van der Waals surface area contributed by atoms with Gasteiger partial charge in [0.2, 0.25) is 0 Å². The first-order valence-electron chi connectivity index (χ1n) is 9.48. The van der Waals surface area contributed by atoms with Gasteiger partial charge in [-0.3, -0.25) is 9.69 Å². The molecule has 0 bridgehead atoms. The van der Waals surface area contributed by atoms with Crippen LogP contribution < -0.4 is 10.1 Å². The number of hydrogen-bond donors (Lipinski definition) is 2. The molecule has 0 aromatic heterocycles. The predicted octanol–water partition coefficient (Wildman–Crippen LogP) is 1.00. The minimum absolute atomic E-state index is 0.0400. The zero-order valence-electron chi connectivity index (χ0n) is 16.4. The van der Waals surface area contributed by atoms with Gasteiger partial charge in [0.25, 0.3) is 5.91 Å². The maximum Gasteiger partial charge on any atom is 0.258 e. The molecule has 3 rings (SSSR count). The average molecular weight is 419 g/mol. The van der Waals surface area contributed by atoms with Crippen molar-refractivity contribution in [2.75, 3.05) is 32.5 Å². The quantitative estimate of drug-likeness (QED) is 0.664. The monoisotopic (exact) mass is 418 g/mol. The highest BCUT2D eigenvalue weighted by Gasteiger charge is 2.19. The molecule has 8 heteroatoms. The number of sulfone groups is 1. The number of ether oxygens (including phenoxy) is 1. The van der Waals surface area contributed by atoms with E-state index in [4.69, 9.17) is 4.74 Å². The van der Waals surface area contributed by atoms with E-state index in [2.05, 4.69) is 22.3 Å². The van der Waals surface area contributed by atoms with Gasteiger partial charge in [-0.2, -0.15) is 0 Å². The van der Waals surface area contributed by atoms with Gasteiger partial charge in [-0.05, 0) is 29.7 Å². The lowest BCUT2D eigenvalue weighted by molar-refractivity contribution is -0.123. The molecule has 0 fully saturated rings. The molecular formula is C21H26N2O5S. The summed E-state index contributed by atoms with van der Waals surface area (Å²) in [6.07, 6.45) is 1.33. The first kappa shape index (κ1) is 21.3. The zero-order chi connectivity index (χ0) is 20.9. The molecule has 1 aliphatic rings. The van der Waals surface area contributed by atoms with Crippen LogP contribution in [0.2, 0.25) is 0 Å². The normalized spacial score (nSPS) is 15.4. The van der Waals surface area contributed by atoms with Crippen LogP contribution in [0.25, 0.3) is 0 Å². The lowest BCUT2D eigenvalue weighted by Gasteiger charge is -2.30. The Balaban J connectivity index is 1.43. The summed E-state index contributed by atoms with van der Waals surface area (Å²) in [6, 6.07) is 14.5. The van der Waals surface area contributed by atoms with Gasteiger partial charge in [0.1, 0.15) is 10.6 Å². The topological polar surface area (TPSA) is 95.9 Å². The second kappa shape index (κ2) is 9.39. The van der Waals surface area contributed by atoms with Gasteiger partial charge in [-0.25, -0.2) is 8.42 Å². The van der Waals surface area contributed by atoms with Crippen LogP contribution in [0.15, 0.2) is 53.4 Å². The van der Waals surface area contributed by atoms with Gasteiger partial charge in [-0.1, -0.05) is 36.4 Å². The second-order valence-electron chi connectivity index (χ2n) is 7.22. The van der Waals surface area contributed by atoms with Gasteiger partial charge in [-0.15, -0.1) is 0 Å². The van der Waals surface area contributed by atoms with E-state index >= 15 is 0 Å². The highest BCUT2D eigenvalue weighted by Crippen LogP contribution is 2.23. The molecule has 29 heavy (non-hydrogen) atoms. The standard InChI is InChI=1S/C21H26N2O5S/c1-29(26,27)20-9-5-4-8-19(20)28-15-21(25)22-12-18(24)14-23-11-10-16-6-2-3-7-17(16)13-23/h2-9,18,24H,10-15H2,1H3,(H,22,25). The molecule has 2 N–H and O–H groups in total. The van der Waals surface area contributed by atoms with Crippen molar-refractivity contribution in [3.63, 3.8) is 0 Å². The summed E-state index contributed by atoms with van der Waals surface area (Å²) in [5.41, 5.74) is 2.62. The lowest BCUT2D eigenvalue weighted by Crippen LogP contribution is -2.42. The highest BCUT2D eigenvalue weighted by atomic mass is 32.2. The Morgan fingerprint density at radius 3 is 2.62 bits per heavy atom. The van der Waals surface area contributed by atoms with Crippen LogP contribution in [0.4, 0.5) is 0 Å². The van der Waals surface area contributed by atoms with Crippen LogP contribution in [0.1, 0.15) is 11.1 Å². The molecular weight excluding hydrogens is 392 g/mol. The first-order chi connectivity index (χ1) is 13.8. The van der Waals surface area contributed by atoms with Crippen molar-refractivity contribution in [1.29, 1.82) is 0 Å². The SMILES string of the molecule is CS(=O)(=O)c1ccccc1OCC(=O)NCC(O)CN1CCc2ccccc2C1. The Kier molecular flexibility index (Phi) is 6.89. The summed E-state index contributed by atoms with van der Waals surface area (Å²) < 4.78 is 28.9. The van der Waals surface area contributed by atoms with Gasteiger partial charge in [0, 0.05) is 32.4 Å². The number of benzene rings is 2. The minimum Gasteiger partial charge on any atom is -0.482 e. The number of aliphatic hydroxyl groups excluding tert-OH is 1. The second-order valence-corrected chi connectivity index (χ2v) is 9.20. The molecule has 1 atom stereocenters. The fourth-order valence-corrected chi connectivity index (χ4v) is 4.19. The van der Waals surface area contributed by atoms with E-state index in [9.17, 15) is 18.3 Å². The van der Waals surface area contributed by atoms with Crippen molar-refractivity contribution in [3.8, 4) is 5.75 Å². The smallest absolute Gasteiger partial charge is 0.258 e. The van der Waals surface area contributed by atoms with Crippen molar-refractivity contribution in [1.82, 2.24) is 10.2 Å². The largest absolute Gasteiger partial charge is 0.482 e. The Bertz CT molecular complexity index is 961. The number of carbonyl (C=O) groups excluding carboxylic acids is 1. The molecule has 0 saturated carbocycles. The summed E-state index contributed by atoms with van der Waals surface area (Å²) in [7, 11) is -3.45. The fourth-order valence-electron chi connectivity index (χ4n) is 3.37. The molecule has 2 aromatic rings. The third-order valence-electron chi connectivity index (χ3n) is 4.82. The Hall–Kier alpha value is -2.42. The summed E-state index contributed by atoms with van der Waals surface area (Å²) in [5.74, 6) is -0.283. The molecule has 0 radical (unpaired) electrons. The predicted molar refractivity (Wildman–Crippen MR) is 109 cm³/mol. The van der Waals surface area contributed by atoms with Crippen molar-refractivity contribution in [3.05, 3.63) is 59.7 Å². The van der Waals surface area contributed by atoms with E-state index in [1.165, 1.54) is 23.3 Å². The molecule has 1 aliphatic heterocycles. The maximum absolute atomic E-state index is 12.0. The van der Waals surface area contributed by atoms with Crippen LogP contribution in [-0.2, 0) is 27.6 Å². The number of carbonyl (C=O) groups is 1. The van der Waals surface area contributed by atoms with Crippen molar-refractivity contribution in [2.45, 2.75) is 24.0 Å². The van der Waals surface area contributed by atoms with Crippen molar-refractivity contribution in [2.24, 2.45) is 0 Å². The molecule has 1 heterocycles. The van der Waals surface area contributed by atoms with Crippen molar-refractivity contribution >= 4 is 15.7 Å². The molecule has 2 aromatic carbocycles. The van der Waals surface area contributed by atoms with Crippen LogP contribution in [0.3, 0.4) is 0 Å². The summed E-state index contributed by atoms with van der Waals surface area (Å²) in [5, 5.41) is 12.9. The van der Waals surface area contributed by atoms with Crippen molar-refractivity contribution < 1.29 is 23.1 Å². The number of amides is 1. The molecule has 0 spiro atoms. The molecule has 0 saturated heterocycles. The number of rotatable bonds is 8. The Labute approximate surface area is 171 Å². The highest BCUT2D eigenvalue weighted by molar-refractivity contribution is 7.90. The third-order valence-corrected chi connectivity index (χ3v) is 5.96. The van der Waals surface area contributed by atoms with E-state index in [1.54, 1.807) is 12.1 Å². The van der Waals surface area contributed by atoms with E-state index in [-0.39, 0.29) is 23.8 Å². The zero-order valence-corrected chi connectivity index (χ0v) is 17.2. The number of aliphatic hydroxyl groups is 1. The Morgan fingerprint density at radius 1 is 1.17 bits per heavy atom. The van der Waals surface area contributed by atoms with Gasteiger partial charge in [0.15, 0.2) is 16.4 Å². The minimum atomic E-state index is -3.45. The number of hydrogen-bond acceptors (Lipinski definition) is 6. The van der Waals surface area contributed by atoms with Gasteiger partial charge >= 0.3 is 0 Å². The lowest BCUT2D eigenvalue weighted by atomic mass is 10.00. The van der Waals surface area contributed by atoms with E-state index in [0.717, 1.165) is 25.8 Å². The van der Waals surface area contributed by atoms with Crippen LogP contribution in [0, 0.1) is 0 Å². The molecule has 1 amide bonds. The maximum atomic E-state index is 12.0. The molecule has 0 aliphatic carbocycles.